The zero-order valence-electron chi connectivity index (χ0n) is 8.05. The van der Waals surface area contributed by atoms with Crippen molar-refractivity contribution in [2.75, 3.05) is 0 Å². The molecule has 0 aliphatic carbocycles. The molecule has 1 heterocycles. The summed E-state index contributed by atoms with van der Waals surface area (Å²) < 4.78 is 5.26. The van der Waals surface area contributed by atoms with Crippen LogP contribution in [0.3, 0.4) is 0 Å². The van der Waals surface area contributed by atoms with Gasteiger partial charge in [-0.25, -0.2) is 0 Å². The Hall–Kier alpha value is -2.16. The van der Waals surface area contributed by atoms with E-state index in [0.717, 1.165) is 5.69 Å². The van der Waals surface area contributed by atoms with Crippen LogP contribution in [-0.2, 0) is 0 Å². The molecule has 0 aliphatic heterocycles. The molecule has 0 spiro atoms. The number of hydrogen-bond donors (Lipinski definition) is 1. The third-order valence-corrected chi connectivity index (χ3v) is 1.89. The second-order valence-electron chi connectivity index (χ2n) is 2.98. The minimum atomic E-state index is 0.532. The number of benzene rings is 1. The molecule has 2 rings (SSSR count). The van der Waals surface area contributed by atoms with Crippen molar-refractivity contribution < 1.29 is 4.42 Å². The molecule has 0 saturated heterocycles. The van der Waals surface area contributed by atoms with Crippen molar-refractivity contribution in [3.63, 3.8) is 0 Å². The third kappa shape index (κ3) is 2.40. The largest absolute Gasteiger partial charge is 0.454 e. The molecule has 0 radical (unpaired) electrons. The standard InChI is InChI=1S/C12H10N2O/c13-8-11-6-7-12(15-11)9-14-10-4-2-1-3-5-10/h1-9,13H. The van der Waals surface area contributed by atoms with E-state index >= 15 is 0 Å². The van der Waals surface area contributed by atoms with Gasteiger partial charge >= 0.3 is 0 Å². The predicted molar refractivity (Wildman–Crippen MR) is 60.3 cm³/mol. The van der Waals surface area contributed by atoms with Gasteiger partial charge in [-0.2, -0.15) is 0 Å². The van der Waals surface area contributed by atoms with Crippen molar-refractivity contribution in [1.82, 2.24) is 0 Å². The Labute approximate surface area is 87.6 Å². The normalized spacial score (nSPS) is 10.7. The van der Waals surface area contributed by atoms with Crippen molar-refractivity contribution in [1.29, 1.82) is 5.41 Å². The average molecular weight is 198 g/mol. The van der Waals surface area contributed by atoms with Crippen molar-refractivity contribution in [2.24, 2.45) is 4.99 Å². The van der Waals surface area contributed by atoms with Crippen molar-refractivity contribution in [3.05, 3.63) is 54.0 Å². The molecule has 0 bridgehead atoms. The van der Waals surface area contributed by atoms with Crippen molar-refractivity contribution in [3.8, 4) is 0 Å². The molecule has 74 valence electrons. The van der Waals surface area contributed by atoms with E-state index in [1.807, 2.05) is 30.3 Å². The highest BCUT2D eigenvalue weighted by Crippen LogP contribution is 2.10. The van der Waals surface area contributed by atoms with Crippen LogP contribution in [0.2, 0.25) is 0 Å². The van der Waals surface area contributed by atoms with Crippen LogP contribution in [0.15, 0.2) is 51.9 Å². The van der Waals surface area contributed by atoms with E-state index in [1.54, 1.807) is 18.3 Å². The Kier molecular flexibility index (Phi) is 2.74. The van der Waals surface area contributed by atoms with Gasteiger partial charge in [-0.3, -0.25) is 4.99 Å². The summed E-state index contributed by atoms with van der Waals surface area (Å²) in [5.41, 5.74) is 0.880. The van der Waals surface area contributed by atoms with Crippen LogP contribution in [0.1, 0.15) is 11.5 Å². The fraction of sp³-hybridized carbons (Fsp3) is 0. The number of furan rings is 1. The summed E-state index contributed by atoms with van der Waals surface area (Å²) in [6.07, 6.45) is 2.81. The van der Waals surface area contributed by atoms with Gasteiger partial charge in [0.25, 0.3) is 0 Å². The summed E-state index contributed by atoms with van der Waals surface area (Å²) in [7, 11) is 0. The smallest absolute Gasteiger partial charge is 0.145 e. The molecule has 0 unspecified atom stereocenters. The van der Waals surface area contributed by atoms with Gasteiger partial charge in [0.15, 0.2) is 0 Å². The van der Waals surface area contributed by atoms with Gasteiger partial charge in [-0.15, -0.1) is 0 Å². The lowest BCUT2D eigenvalue weighted by atomic mass is 10.3. The summed E-state index contributed by atoms with van der Waals surface area (Å²) in [5, 5.41) is 6.99. The lowest BCUT2D eigenvalue weighted by Crippen LogP contribution is -1.74. The first-order valence-corrected chi connectivity index (χ1v) is 4.58. The molecule has 0 saturated carbocycles. The van der Waals surface area contributed by atoms with Crippen LogP contribution in [0, 0.1) is 5.41 Å². The van der Waals surface area contributed by atoms with Crippen LogP contribution in [0.25, 0.3) is 0 Å². The van der Waals surface area contributed by atoms with Gasteiger partial charge < -0.3 is 9.83 Å². The highest BCUT2D eigenvalue weighted by molar-refractivity contribution is 5.81. The first-order chi connectivity index (χ1) is 7.38. The molecule has 0 aliphatic rings. The maximum absolute atomic E-state index is 6.99. The second-order valence-corrected chi connectivity index (χ2v) is 2.98. The van der Waals surface area contributed by atoms with Crippen LogP contribution >= 0.6 is 0 Å². The van der Waals surface area contributed by atoms with Gasteiger partial charge in [0.2, 0.25) is 0 Å². The molecule has 0 amide bonds. The van der Waals surface area contributed by atoms with E-state index in [2.05, 4.69) is 4.99 Å². The van der Waals surface area contributed by atoms with Gasteiger partial charge in [-0.1, -0.05) is 18.2 Å². The number of rotatable bonds is 3. The lowest BCUT2D eigenvalue weighted by molar-refractivity contribution is 0.553. The molecule has 0 fully saturated rings. The third-order valence-electron chi connectivity index (χ3n) is 1.89. The quantitative estimate of drug-likeness (QED) is 0.757. The van der Waals surface area contributed by atoms with E-state index < -0.39 is 0 Å². The Morgan fingerprint density at radius 2 is 1.73 bits per heavy atom. The molecule has 3 heteroatoms. The molecule has 1 N–H and O–H groups in total. The zero-order valence-corrected chi connectivity index (χ0v) is 8.05. The topological polar surface area (TPSA) is 49.4 Å². The van der Waals surface area contributed by atoms with Gasteiger partial charge in [-0.05, 0) is 24.3 Å². The van der Waals surface area contributed by atoms with Crippen LogP contribution in [0.5, 0.6) is 0 Å². The molecule has 1 aromatic carbocycles. The number of aliphatic imine (C=N–C) groups is 1. The number of nitrogens with one attached hydrogen (secondary N) is 1. The van der Waals surface area contributed by atoms with Gasteiger partial charge in [0.05, 0.1) is 18.1 Å². The monoisotopic (exact) mass is 198 g/mol. The molecule has 2 aromatic rings. The van der Waals surface area contributed by atoms with E-state index in [9.17, 15) is 0 Å². The van der Waals surface area contributed by atoms with Gasteiger partial charge in [0.1, 0.15) is 11.5 Å². The summed E-state index contributed by atoms with van der Waals surface area (Å²) in [5.74, 6) is 1.18. The number of nitrogens with zero attached hydrogens (tertiary/aromatic N) is 1. The average Bonchev–Trinajstić information content (AvgIpc) is 2.76. The summed E-state index contributed by atoms with van der Waals surface area (Å²) in [4.78, 5) is 4.23. The first-order valence-electron chi connectivity index (χ1n) is 4.58. The minimum absolute atomic E-state index is 0.532. The van der Waals surface area contributed by atoms with Gasteiger partial charge in [0, 0.05) is 0 Å². The SMILES string of the molecule is N=Cc1ccc(C=Nc2ccccc2)o1. The molecule has 0 atom stereocenters. The van der Waals surface area contributed by atoms with E-state index in [0.29, 0.717) is 11.5 Å². The number of hydrogen-bond acceptors (Lipinski definition) is 3. The summed E-state index contributed by atoms with van der Waals surface area (Å²) in [6.45, 7) is 0. The summed E-state index contributed by atoms with van der Waals surface area (Å²) in [6, 6.07) is 13.1. The highest BCUT2D eigenvalue weighted by atomic mass is 16.3. The fourth-order valence-corrected chi connectivity index (χ4v) is 1.17. The van der Waals surface area contributed by atoms with Crippen LogP contribution in [0.4, 0.5) is 5.69 Å². The predicted octanol–water partition coefficient (Wildman–Crippen LogP) is 3.03. The Morgan fingerprint density at radius 1 is 1.00 bits per heavy atom. The first kappa shape index (κ1) is 9.40. The molecule has 3 nitrogen and oxygen atoms in total. The molecule has 1 aromatic heterocycles. The lowest BCUT2D eigenvalue weighted by Gasteiger charge is -1.89. The minimum Gasteiger partial charge on any atom is -0.454 e. The van der Waals surface area contributed by atoms with E-state index in [1.165, 1.54) is 6.21 Å². The maximum atomic E-state index is 6.99. The van der Waals surface area contributed by atoms with Crippen LogP contribution < -0.4 is 0 Å². The highest BCUT2D eigenvalue weighted by Gasteiger charge is 1.95. The molecular formula is C12H10N2O. The Balaban J connectivity index is 2.15. The summed E-state index contributed by atoms with van der Waals surface area (Å²) >= 11 is 0. The van der Waals surface area contributed by atoms with E-state index in [-0.39, 0.29) is 0 Å². The molecular weight excluding hydrogens is 188 g/mol. The fourth-order valence-electron chi connectivity index (χ4n) is 1.17. The Bertz CT molecular complexity index is 471. The maximum Gasteiger partial charge on any atom is 0.145 e. The van der Waals surface area contributed by atoms with Crippen molar-refractivity contribution in [2.45, 2.75) is 0 Å². The van der Waals surface area contributed by atoms with Crippen molar-refractivity contribution >= 4 is 18.1 Å². The van der Waals surface area contributed by atoms with E-state index in [4.69, 9.17) is 9.83 Å². The zero-order chi connectivity index (χ0) is 10.5. The second kappa shape index (κ2) is 4.37. The van der Waals surface area contributed by atoms with Crippen LogP contribution in [-0.4, -0.2) is 12.4 Å². The molecule has 15 heavy (non-hydrogen) atoms. The Morgan fingerprint density at radius 3 is 2.40 bits per heavy atom. The number of para-hydroxylation sites is 1.